The molecule has 0 radical (unpaired) electrons. The molecule has 10 atom stereocenters. The number of aliphatic hydroxyl groups is 1. The van der Waals surface area contributed by atoms with Gasteiger partial charge in [0.05, 0.1) is 12.5 Å². The van der Waals surface area contributed by atoms with E-state index < -0.39 is 151 Å². The normalized spacial score (nSPS) is 23.0. The lowest BCUT2D eigenvalue weighted by Crippen LogP contribution is -2.62. The van der Waals surface area contributed by atoms with Crippen LogP contribution in [0.15, 0.2) is 59.6 Å². The molecule has 0 unspecified atom stereocenters. The summed E-state index contributed by atoms with van der Waals surface area (Å²) in [5.41, 5.74) is 18.4. The van der Waals surface area contributed by atoms with Crippen molar-refractivity contribution in [3.63, 3.8) is 0 Å². The van der Waals surface area contributed by atoms with Gasteiger partial charge in [0.1, 0.15) is 54.4 Å². The van der Waals surface area contributed by atoms with Crippen LogP contribution in [0.4, 0.5) is 0 Å². The predicted octanol–water partition coefficient (Wildman–Crippen LogP) is -0.747. The molecular weight excluding hydrogens is 1300 g/mol. The summed E-state index contributed by atoms with van der Waals surface area (Å²) in [5, 5.41) is 49.4. The summed E-state index contributed by atoms with van der Waals surface area (Å²) >= 11 is 2.56. The number of benzene rings is 2. The second-order valence-corrected chi connectivity index (χ2v) is 27.0. The van der Waals surface area contributed by atoms with Crippen LogP contribution in [0.2, 0.25) is 0 Å². The Morgan fingerprint density at radius 2 is 1.31 bits per heavy atom. The number of guanidine groups is 1. The minimum atomic E-state index is -1.78. The van der Waals surface area contributed by atoms with Gasteiger partial charge in [0, 0.05) is 81.4 Å². The van der Waals surface area contributed by atoms with Crippen molar-refractivity contribution in [2.75, 3.05) is 44.2 Å². The third-order valence-electron chi connectivity index (χ3n) is 17.3. The molecule has 2 bridgehead atoms. The number of primary amides is 1. The van der Waals surface area contributed by atoms with E-state index in [0.29, 0.717) is 49.8 Å². The number of carboxylic acids is 2. The highest BCUT2D eigenvalue weighted by molar-refractivity contribution is 7.98. The molecule has 532 valence electrons. The van der Waals surface area contributed by atoms with Crippen LogP contribution in [0, 0.1) is 5.92 Å². The van der Waals surface area contributed by atoms with Crippen molar-refractivity contribution in [2.45, 2.75) is 195 Å². The number of nitrogens with zero attached hydrogens (tertiary/aromatic N) is 4. The Hall–Kier alpha value is -8.52. The summed E-state index contributed by atoms with van der Waals surface area (Å²) in [4.78, 5) is 188. The number of carbonyl (C=O) groups excluding carboxylic acids is 11. The number of aliphatic hydroxyl groups excluding tert-OH is 1. The molecule has 2 aromatic carbocycles. The molecule has 2 aromatic rings. The van der Waals surface area contributed by atoms with Crippen molar-refractivity contribution >= 4 is 106 Å². The maximum Gasteiger partial charge on any atom is 0.305 e. The van der Waals surface area contributed by atoms with E-state index in [9.17, 15) is 77.6 Å². The van der Waals surface area contributed by atoms with Gasteiger partial charge in [-0.05, 0) is 93.7 Å². The lowest BCUT2D eigenvalue weighted by atomic mass is 9.92. The number of rotatable bonds is 24. The van der Waals surface area contributed by atoms with Crippen LogP contribution in [0.1, 0.15) is 133 Å². The van der Waals surface area contributed by atoms with Crippen LogP contribution in [-0.2, 0) is 80.3 Å². The Morgan fingerprint density at radius 3 is 1.94 bits per heavy atom. The number of aliphatic carboxylic acids is 2. The summed E-state index contributed by atoms with van der Waals surface area (Å²) in [7, 11) is 0. The fraction of sp³-hybridized carbons (Fsp3) is 0.600. The largest absolute Gasteiger partial charge is 0.481 e. The summed E-state index contributed by atoms with van der Waals surface area (Å²) in [5.74, 6) is -10.9. The molecule has 16 N–H and O–H groups in total. The molecule has 0 aliphatic carbocycles. The van der Waals surface area contributed by atoms with Gasteiger partial charge in [0.25, 0.3) is 0 Å². The van der Waals surface area contributed by atoms with Crippen molar-refractivity contribution in [1.82, 2.24) is 51.9 Å². The minimum absolute atomic E-state index is 0.0178. The number of likely N-dealkylation sites (tertiary alicyclic amines) is 1. The Labute approximate surface area is 572 Å². The summed E-state index contributed by atoms with van der Waals surface area (Å²) in [6, 6.07) is 3.28. The monoisotopic (exact) mass is 1390 g/mol. The van der Waals surface area contributed by atoms with E-state index >= 15 is 0 Å². The van der Waals surface area contributed by atoms with Gasteiger partial charge in [0.2, 0.25) is 65.0 Å². The Bertz CT molecular complexity index is 3130. The van der Waals surface area contributed by atoms with E-state index in [4.69, 9.17) is 17.2 Å². The Kier molecular flexibility index (Phi) is 31.2. The quantitative estimate of drug-likeness (QED) is 0.0349. The topological polar surface area (TPSA) is 467 Å². The molecule has 3 fully saturated rings. The van der Waals surface area contributed by atoms with Crippen molar-refractivity contribution in [3.8, 4) is 0 Å². The van der Waals surface area contributed by atoms with Crippen molar-refractivity contribution in [1.29, 1.82) is 0 Å². The second-order valence-electron chi connectivity index (χ2n) is 24.9. The van der Waals surface area contributed by atoms with E-state index in [2.05, 4.69) is 42.2 Å². The fourth-order valence-electron chi connectivity index (χ4n) is 12.1. The first kappa shape index (κ1) is 77.5. The minimum Gasteiger partial charge on any atom is -0.481 e. The Morgan fingerprint density at radius 1 is 0.670 bits per heavy atom. The maximum atomic E-state index is 14.9. The lowest BCUT2D eigenvalue weighted by molar-refractivity contribution is -0.148. The van der Waals surface area contributed by atoms with Gasteiger partial charge < -0.3 is 84.4 Å². The third-order valence-corrected chi connectivity index (χ3v) is 19.5. The van der Waals surface area contributed by atoms with Gasteiger partial charge in [0.15, 0.2) is 5.96 Å². The average molecular weight is 1390 g/mol. The SMILES string of the molecule is CCCCCC(=O)N[C@H]1CSCc2cccc(c2)CSC[C@@H](C(=O)N[C@@H](CC(=O)O)C(=O)N2CCC(CC(=O)N[C@@H](CCCN=C(N)N)C(N)=O)CC2)NC(=O)[C@H](Cc2ccccc2)NC(=O)[C@H](CCC(=O)O)NC(=O)[C@H]([C@@H](C)O)NC(=O)[C@@H]2CCCN2C(=O)[C@@H]2CCCN2C1=O. The number of piperidine rings is 1. The molecule has 0 saturated carbocycles. The number of amides is 11. The number of nitrogens with two attached hydrogens (primary N) is 3. The van der Waals surface area contributed by atoms with E-state index in [0.717, 1.165) is 24.0 Å². The van der Waals surface area contributed by atoms with Crippen LogP contribution in [0.5, 0.6) is 0 Å². The highest BCUT2D eigenvalue weighted by Gasteiger charge is 2.45. The molecule has 97 heavy (non-hydrogen) atoms. The second kappa shape index (κ2) is 39.0. The van der Waals surface area contributed by atoms with Crippen LogP contribution < -0.4 is 54.4 Å². The number of aliphatic imine (C=N–C) groups is 1. The zero-order valence-electron chi connectivity index (χ0n) is 54.9. The predicted molar refractivity (Wildman–Crippen MR) is 360 cm³/mol. The third kappa shape index (κ3) is 24.8. The average Bonchev–Trinajstić information content (AvgIpc) is 1.70. The molecule has 30 nitrogen and oxygen atoms in total. The van der Waals surface area contributed by atoms with Gasteiger partial charge in [-0.3, -0.25) is 67.3 Å². The molecule has 6 rings (SSSR count). The number of carboxylic acid groups (broad SMARTS) is 2. The number of thioether (sulfide) groups is 2. The van der Waals surface area contributed by atoms with Gasteiger partial charge in [-0.15, -0.1) is 0 Å². The summed E-state index contributed by atoms with van der Waals surface area (Å²) < 4.78 is 0. The zero-order chi connectivity index (χ0) is 70.7. The van der Waals surface area contributed by atoms with Crippen LogP contribution >= 0.6 is 23.5 Å². The molecule has 4 aliphatic rings. The smallest absolute Gasteiger partial charge is 0.305 e. The van der Waals surface area contributed by atoms with E-state index in [1.807, 2.05) is 31.2 Å². The van der Waals surface area contributed by atoms with Gasteiger partial charge >= 0.3 is 11.9 Å². The molecule has 3 saturated heterocycles. The molecule has 4 aliphatic heterocycles. The van der Waals surface area contributed by atoms with Gasteiger partial charge in [-0.25, -0.2) is 0 Å². The van der Waals surface area contributed by atoms with Crippen LogP contribution in [-0.4, -0.2) is 218 Å². The number of carbonyl (C=O) groups is 13. The fourth-order valence-corrected chi connectivity index (χ4v) is 14.1. The standard InChI is InChI=1S/C65H94N14O16S2/c1-3-4-6-20-51(81)71-48-37-97-35-42-16-9-15-41(30-42)34-96-36-47(59(90)74-46(33-54(85)86)62(93)77-28-23-40(24-29-77)32-52(82)70-43(56(66)87)17-10-25-69-65(67)68)75-58(89)45(31-39-13-7-5-8-14-39)73-57(88)44(21-22-53(83)84)72-61(92)55(38(2)80)76-60(91)49-18-11-26-78(49)64(95)50-19-12-27-79(50)63(48)94/h5,7-9,13-16,30,38,40,43-50,55,80H,3-4,6,10-12,17-29,31-37H2,1-2H3,(H2,66,87)(H,70,82)(H,71,81)(H,72,92)(H,73,88)(H,74,90)(H,75,89)(H,76,91)(H,83,84)(H,85,86)(H4,67,68,69)/t38-,43+,44+,45+,46+,47+,48+,49+,50+,55+/m1/s1. The highest BCUT2D eigenvalue weighted by atomic mass is 32.2. The first-order valence-corrected chi connectivity index (χ1v) is 35.4. The summed E-state index contributed by atoms with van der Waals surface area (Å²) in [6.45, 7) is 3.85. The lowest BCUT2D eigenvalue weighted by Gasteiger charge is -2.34. The van der Waals surface area contributed by atoms with E-state index in [1.54, 1.807) is 30.3 Å². The van der Waals surface area contributed by atoms with E-state index in [-0.39, 0.29) is 106 Å². The van der Waals surface area contributed by atoms with Crippen molar-refractivity contribution in [2.24, 2.45) is 28.1 Å². The Balaban J connectivity index is 1.30. The van der Waals surface area contributed by atoms with Crippen LogP contribution in [0.25, 0.3) is 0 Å². The first-order chi connectivity index (χ1) is 46.3. The van der Waals surface area contributed by atoms with Crippen molar-refractivity contribution in [3.05, 3.63) is 71.3 Å². The molecule has 11 amide bonds. The molecule has 32 heteroatoms. The number of unbranched alkanes of at least 4 members (excludes halogenated alkanes) is 2. The zero-order valence-corrected chi connectivity index (χ0v) is 56.6. The molecule has 4 heterocycles. The first-order valence-electron chi connectivity index (χ1n) is 33.1. The van der Waals surface area contributed by atoms with E-state index in [1.165, 1.54) is 45.1 Å². The molecule has 0 spiro atoms. The van der Waals surface area contributed by atoms with Crippen LogP contribution in [0.3, 0.4) is 0 Å². The summed E-state index contributed by atoms with van der Waals surface area (Å²) in [6.07, 6.45) is 0.772. The van der Waals surface area contributed by atoms with Gasteiger partial charge in [-0.2, -0.15) is 23.5 Å². The number of fused-ring (bicyclic) bond motifs is 4. The van der Waals surface area contributed by atoms with Gasteiger partial charge in [-0.1, -0.05) is 74.4 Å². The van der Waals surface area contributed by atoms with Crippen molar-refractivity contribution < 1.29 is 77.6 Å². The highest BCUT2D eigenvalue weighted by Crippen LogP contribution is 2.28. The maximum absolute atomic E-state index is 14.9. The molecule has 0 aromatic heterocycles. The number of hydrogen-bond acceptors (Lipinski definition) is 17. The number of hydrogen-bond donors (Lipinski definition) is 13. The molecular formula is C65H94N14O16S2. The number of nitrogens with one attached hydrogen (secondary N) is 7.